The summed E-state index contributed by atoms with van der Waals surface area (Å²) in [4.78, 5) is 57.3. The van der Waals surface area contributed by atoms with Crippen molar-refractivity contribution in [3.8, 4) is 0 Å². The summed E-state index contributed by atoms with van der Waals surface area (Å²) in [6.45, 7) is 8.06. The van der Waals surface area contributed by atoms with E-state index in [9.17, 15) is 19.2 Å². The number of amides is 5. The van der Waals surface area contributed by atoms with Gasteiger partial charge in [-0.2, -0.15) is 0 Å². The lowest BCUT2D eigenvalue weighted by molar-refractivity contribution is -0.137. The number of imide groups is 1. The number of rotatable bonds is 8. The van der Waals surface area contributed by atoms with Crippen molar-refractivity contribution < 1.29 is 23.9 Å². The average Bonchev–Trinajstić information content (AvgIpc) is 3.02. The van der Waals surface area contributed by atoms with Gasteiger partial charge in [-0.1, -0.05) is 25.8 Å². The van der Waals surface area contributed by atoms with Gasteiger partial charge in [0.15, 0.2) is 0 Å². The molecule has 2 unspecified atom stereocenters. The first-order valence-electron chi connectivity index (χ1n) is 12.3. The van der Waals surface area contributed by atoms with E-state index in [0.29, 0.717) is 25.9 Å². The predicted octanol–water partition coefficient (Wildman–Crippen LogP) is 2.83. The van der Waals surface area contributed by atoms with E-state index in [0.717, 1.165) is 29.7 Å². The minimum atomic E-state index is -0.879. The van der Waals surface area contributed by atoms with Gasteiger partial charge in [-0.05, 0) is 57.6 Å². The van der Waals surface area contributed by atoms with Crippen LogP contribution in [0, 0.1) is 5.92 Å². The van der Waals surface area contributed by atoms with Gasteiger partial charge in [-0.25, -0.2) is 9.59 Å². The lowest BCUT2D eigenvalue weighted by Crippen LogP contribution is -2.54. The maximum Gasteiger partial charge on any atom is 0.410 e. The largest absolute Gasteiger partial charge is 0.444 e. The highest BCUT2D eigenvalue weighted by atomic mass is 16.6. The van der Waals surface area contributed by atoms with Crippen molar-refractivity contribution in [3.63, 3.8) is 0 Å². The molecule has 0 radical (unpaired) electrons. The molecule has 1 saturated carbocycles. The fraction of sp³-hybridized carbons (Fsp3) is 0.640. The number of carbonyl (C=O) groups is 4. The normalized spacial score (nSPS) is 22.2. The van der Waals surface area contributed by atoms with Gasteiger partial charge in [0.25, 0.3) is 5.91 Å². The Hall–Kier alpha value is -3.17. The Morgan fingerprint density at radius 1 is 1.31 bits per heavy atom. The van der Waals surface area contributed by atoms with Crippen molar-refractivity contribution in [1.82, 2.24) is 25.4 Å². The number of carbonyl (C=O) groups excluding carboxylic acids is 4. The van der Waals surface area contributed by atoms with Crippen molar-refractivity contribution >= 4 is 23.9 Å². The van der Waals surface area contributed by atoms with Crippen LogP contribution in [0.4, 0.5) is 9.59 Å². The lowest BCUT2D eigenvalue weighted by Gasteiger charge is -2.36. The topological polar surface area (TPSA) is 121 Å². The smallest absolute Gasteiger partial charge is 0.410 e. The molecule has 1 spiro atoms. The van der Waals surface area contributed by atoms with Crippen LogP contribution in [0.1, 0.15) is 65.4 Å². The molecule has 2 fully saturated rings. The SMILES string of the molecule is CC1CCCCC12NC(=O)N(CC(=O)NCCCN(Cc1cccnc1)C(=O)OC(C)(C)C)C2=O. The van der Waals surface area contributed by atoms with E-state index in [4.69, 9.17) is 4.74 Å². The molecule has 3 rings (SSSR count). The highest BCUT2D eigenvalue weighted by Gasteiger charge is 2.55. The molecular weight excluding hydrogens is 450 g/mol. The minimum Gasteiger partial charge on any atom is -0.444 e. The molecule has 0 bridgehead atoms. The highest BCUT2D eigenvalue weighted by molar-refractivity contribution is 6.09. The second kappa shape index (κ2) is 11.0. The molecule has 0 aromatic carbocycles. The Labute approximate surface area is 206 Å². The van der Waals surface area contributed by atoms with Crippen molar-refractivity contribution in [2.75, 3.05) is 19.6 Å². The number of urea groups is 1. The van der Waals surface area contributed by atoms with Gasteiger partial charge in [0, 0.05) is 25.5 Å². The third-order valence-electron chi connectivity index (χ3n) is 6.48. The molecule has 2 atom stereocenters. The van der Waals surface area contributed by atoms with Crippen LogP contribution >= 0.6 is 0 Å². The van der Waals surface area contributed by atoms with E-state index in [-0.39, 0.29) is 24.9 Å². The summed E-state index contributed by atoms with van der Waals surface area (Å²) in [5.74, 6) is -0.679. The van der Waals surface area contributed by atoms with Gasteiger partial charge in [0.05, 0.1) is 6.54 Å². The quantitative estimate of drug-likeness (QED) is 0.430. The average molecular weight is 488 g/mol. The fourth-order valence-corrected chi connectivity index (χ4v) is 4.61. The van der Waals surface area contributed by atoms with Crippen LogP contribution in [0.3, 0.4) is 0 Å². The van der Waals surface area contributed by atoms with E-state index in [1.54, 1.807) is 44.1 Å². The van der Waals surface area contributed by atoms with Crippen LogP contribution in [0.25, 0.3) is 0 Å². The Balaban J connectivity index is 1.50. The predicted molar refractivity (Wildman–Crippen MR) is 129 cm³/mol. The molecule has 2 aliphatic rings. The molecule has 10 nitrogen and oxygen atoms in total. The molecule has 1 aliphatic carbocycles. The van der Waals surface area contributed by atoms with Crippen molar-refractivity contribution in [2.45, 2.75) is 77.5 Å². The number of nitrogens with zero attached hydrogens (tertiary/aromatic N) is 3. The fourth-order valence-electron chi connectivity index (χ4n) is 4.61. The van der Waals surface area contributed by atoms with Gasteiger partial charge in [-0.15, -0.1) is 0 Å². The summed E-state index contributed by atoms with van der Waals surface area (Å²) in [6, 6.07) is 3.17. The zero-order valence-electron chi connectivity index (χ0n) is 21.1. The molecule has 1 aliphatic heterocycles. The first-order valence-corrected chi connectivity index (χ1v) is 12.3. The maximum absolute atomic E-state index is 13.0. The zero-order valence-corrected chi connectivity index (χ0v) is 21.1. The van der Waals surface area contributed by atoms with Crippen LogP contribution in [0.2, 0.25) is 0 Å². The molecule has 35 heavy (non-hydrogen) atoms. The molecular formula is C25H37N5O5. The van der Waals surface area contributed by atoms with Crippen LogP contribution in [0.5, 0.6) is 0 Å². The Morgan fingerprint density at radius 2 is 2.09 bits per heavy atom. The minimum absolute atomic E-state index is 0.0411. The van der Waals surface area contributed by atoms with Crippen molar-refractivity contribution in [3.05, 3.63) is 30.1 Å². The van der Waals surface area contributed by atoms with Gasteiger partial charge in [0.1, 0.15) is 17.7 Å². The summed E-state index contributed by atoms with van der Waals surface area (Å²) >= 11 is 0. The Kier molecular flexibility index (Phi) is 8.34. The van der Waals surface area contributed by atoms with E-state index in [1.807, 2.05) is 13.0 Å². The van der Waals surface area contributed by atoms with Gasteiger partial charge < -0.3 is 20.3 Å². The first-order chi connectivity index (χ1) is 16.5. The summed E-state index contributed by atoms with van der Waals surface area (Å²) in [7, 11) is 0. The Morgan fingerprint density at radius 3 is 2.74 bits per heavy atom. The molecule has 2 heterocycles. The van der Waals surface area contributed by atoms with Crippen LogP contribution < -0.4 is 10.6 Å². The second-order valence-corrected chi connectivity index (χ2v) is 10.4. The molecule has 192 valence electrons. The van der Waals surface area contributed by atoms with Crippen molar-refractivity contribution in [2.24, 2.45) is 5.92 Å². The van der Waals surface area contributed by atoms with E-state index in [2.05, 4.69) is 15.6 Å². The van der Waals surface area contributed by atoms with Crippen LogP contribution in [0.15, 0.2) is 24.5 Å². The number of ether oxygens (including phenoxy) is 1. The molecule has 5 amide bonds. The number of hydrogen-bond donors (Lipinski definition) is 2. The summed E-state index contributed by atoms with van der Waals surface area (Å²) < 4.78 is 5.52. The molecule has 2 N–H and O–H groups in total. The zero-order chi connectivity index (χ0) is 25.6. The molecule has 1 aromatic rings. The summed E-state index contributed by atoms with van der Waals surface area (Å²) in [5.41, 5.74) is -0.642. The third kappa shape index (κ3) is 6.70. The van der Waals surface area contributed by atoms with Gasteiger partial charge in [0.2, 0.25) is 5.91 Å². The number of nitrogens with one attached hydrogen (secondary N) is 2. The number of pyridine rings is 1. The molecule has 1 saturated heterocycles. The standard InChI is InChI=1S/C25H37N5O5/c1-18-9-5-6-11-25(18)21(32)30(22(33)28-25)17-20(31)27-13-8-14-29(23(34)35-24(2,3)4)16-19-10-7-12-26-15-19/h7,10,12,15,18H,5-6,8-9,11,13-14,16-17H2,1-4H3,(H,27,31)(H,28,33). The number of hydrogen-bond acceptors (Lipinski definition) is 6. The Bertz CT molecular complexity index is 932. The van der Waals surface area contributed by atoms with Gasteiger partial charge in [-0.3, -0.25) is 19.5 Å². The summed E-state index contributed by atoms with van der Waals surface area (Å²) in [5, 5.41) is 5.61. The van der Waals surface area contributed by atoms with Crippen molar-refractivity contribution in [1.29, 1.82) is 0 Å². The van der Waals surface area contributed by atoms with Crippen LogP contribution in [-0.4, -0.2) is 69.5 Å². The summed E-state index contributed by atoms with van der Waals surface area (Å²) in [6.07, 6.45) is 6.78. The van der Waals surface area contributed by atoms with E-state index >= 15 is 0 Å². The van der Waals surface area contributed by atoms with E-state index in [1.165, 1.54) is 0 Å². The highest BCUT2D eigenvalue weighted by Crippen LogP contribution is 2.38. The number of aromatic nitrogens is 1. The molecule has 1 aromatic heterocycles. The maximum atomic E-state index is 13.0. The monoisotopic (exact) mass is 487 g/mol. The molecule has 10 heteroatoms. The van der Waals surface area contributed by atoms with Crippen LogP contribution in [-0.2, 0) is 20.9 Å². The first kappa shape index (κ1) is 26.4. The lowest BCUT2D eigenvalue weighted by atomic mass is 9.73. The van der Waals surface area contributed by atoms with E-state index < -0.39 is 29.2 Å². The second-order valence-electron chi connectivity index (χ2n) is 10.4. The van der Waals surface area contributed by atoms with Gasteiger partial charge >= 0.3 is 12.1 Å². The third-order valence-corrected chi connectivity index (χ3v) is 6.48.